The van der Waals surface area contributed by atoms with Gasteiger partial charge >= 0.3 is 0 Å². The Morgan fingerprint density at radius 1 is 0.880 bits per heavy atom. The first-order valence-electron chi connectivity index (χ1n) is 7.62. The van der Waals surface area contributed by atoms with Crippen LogP contribution in [0.3, 0.4) is 0 Å². The van der Waals surface area contributed by atoms with Crippen LogP contribution in [0.2, 0.25) is 0 Å². The molecule has 0 unspecified atom stereocenters. The van der Waals surface area contributed by atoms with Crippen LogP contribution in [0.15, 0.2) is 58.3 Å². The van der Waals surface area contributed by atoms with Crippen molar-refractivity contribution in [3.05, 3.63) is 59.7 Å². The van der Waals surface area contributed by atoms with Crippen molar-refractivity contribution in [3.63, 3.8) is 0 Å². The lowest BCUT2D eigenvalue weighted by molar-refractivity contribution is 0.289. The van der Waals surface area contributed by atoms with E-state index in [1.807, 2.05) is 0 Å². The summed E-state index contributed by atoms with van der Waals surface area (Å²) < 4.78 is 55.3. The zero-order valence-corrected chi connectivity index (χ0v) is 16.0. The summed E-state index contributed by atoms with van der Waals surface area (Å²) in [6.07, 6.45) is 0. The van der Waals surface area contributed by atoms with Gasteiger partial charge in [-0.3, -0.25) is 4.18 Å². The van der Waals surface area contributed by atoms with Gasteiger partial charge < -0.3 is 0 Å². The largest absolute Gasteiger partial charge is 0.297 e. The lowest BCUT2D eigenvalue weighted by Gasteiger charge is -2.17. The van der Waals surface area contributed by atoms with E-state index in [9.17, 15) is 16.8 Å². The number of hydrogen-bond donors (Lipinski definition) is 0. The molecule has 0 aromatic heterocycles. The van der Waals surface area contributed by atoms with E-state index in [1.54, 1.807) is 44.2 Å². The molecule has 6 nitrogen and oxygen atoms in total. The van der Waals surface area contributed by atoms with Gasteiger partial charge in [-0.05, 0) is 49.2 Å². The first kappa shape index (κ1) is 19.6. The summed E-state index contributed by atoms with van der Waals surface area (Å²) in [4.78, 5) is 0.216. The number of hydrogen-bond acceptors (Lipinski definition) is 5. The minimum absolute atomic E-state index is 0.0525. The average Bonchev–Trinajstić information content (AvgIpc) is 2.54. The molecule has 0 atom stereocenters. The lowest BCUT2D eigenvalue weighted by Crippen LogP contribution is -2.31. The Labute approximate surface area is 149 Å². The third kappa shape index (κ3) is 4.88. The molecule has 0 amide bonds. The van der Waals surface area contributed by atoms with E-state index in [1.165, 1.54) is 25.2 Å². The molecule has 136 valence electrons. The smallest absolute Gasteiger partial charge is 0.265 e. The standard InChI is InChI=1S/C17H21NO5S2/c1-14-6-4-8-16(12-14)24(19,20)18(3)10-11-23-25(21,22)17-9-5-7-15(2)13-17/h4-9,12-13H,10-11H2,1-3H3. The summed E-state index contributed by atoms with van der Waals surface area (Å²) in [6, 6.07) is 12.9. The topological polar surface area (TPSA) is 80.8 Å². The van der Waals surface area contributed by atoms with Crippen molar-refractivity contribution in [2.45, 2.75) is 23.6 Å². The number of benzene rings is 2. The van der Waals surface area contributed by atoms with Gasteiger partial charge in [0, 0.05) is 13.6 Å². The fourth-order valence-electron chi connectivity index (χ4n) is 2.19. The molecule has 0 bridgehead atoms. The Kier molecular flexibility index (Phi) is 5.99. The van der Waals surface area contributed by atoms with Crippen LogP contribution in [0.5, 0.6) is 0 Å². The fourth-order valence-corrected chi connectivity index (χ4v) is 4.46. The molecule has 0 aliphatic carbocycles. The fraction of sp³-hybridized carbons (Fsp3) is 0.294. The van der Waals surface area contributed by atoms with E-state index in [4.69, 9.17) is 4.18 Å². The Hall–Kier alpha value is -1.74. The maximum Gasteiger partial charge on any atom is 0.297 e. The van der Waals surface area contributed by atoms with Gasteiger partial charge in [0.15, 0.2) is 0 Å². The molecule has 2 rings (SSSR count). The second-order valence-corrected chi connectivity index (χ2v) is 9.40. The monoisotopic (exact) mass is 383 g/mol. The van der Waals surface area contributed by atoms with Crippen molar-refractivity contribution in [2.24, 2.45) is 0 Å². The van der Waals surface area contributed by atoms with Crippen LogP contribution < -0.4 is 0 Å². The van der Waals surface area contributed by atoms with E-state index >= 15 is 0 Å². The molecule has 0 N–H and O–H groups in total. The van der Waals surface area contributed by atoms with Crippen molar-refractivity contribution in [1.82, 2.24) is 4.31 Å². The van der Waals surface area contributed by atoms with E-state index < -0.39 is 20.1 Å². The molecule has 0 fully saturated rings. The van der Waals surface area contributed by atoms with Gasteiger partial charge in [-0.15, -0.1) is 0 Å². The highest BCUT2D eigenvalue weighted by atomic mass is 32.2. The summed E-state index contributed by atoms with van der Waals surface area (Å²) in [5, 5.41) is 0. The summed E-state index contributed by atoms with van der Waals surface area (Å²) in [7, 11) is -6.22. The van der Waals surface area contributed by atoms with E-state index in [2.05, 4.69) is 0 Å². The van der Waals surface area contributed by atoms with Crippen molar-refractivity contribution >= 4 is 20.1 Å². The minimum atomic E-state index is -3.92. The van der Waals surface area contributed by atoms with Gasteiger partial charge in [-0.2, -0.15) is 12.7 Å². The maximum absolute atomic E-state index is 12.5. The number of aryl methyl sites for hydroxylation is 2. The molecule has 0 spiro atoms. The van der Waals surface area contributed by atoms with E-state index in [-0.39, 0.29) is 22.9 Å². The van der Waals surface area contributed by atoms with Gasteiger partial charge in [0.1, 0.15) is 0 Å². The molecule has 0 heterocycles. The molecule has 0 radical (unpaired) electrons. The normalized spacial score (nSPS) is 12.5. The van der Waals surface area contributed by atoms with Gasteiger partial charge in [-0.25, -0.2) is 8.42 Å². The van der Waals surface area contributed by atoms with E-state index in [0.717, 1.165) is 15.4 Å². The Morgan fingerprint density at radius 3 is 1.96 bits per heavy atom. The summed E-state index contributed by atoms with van der Waals surface area (Å²) in [5.41, 5.74) is 1.62. The molecule has 0 aliphatic rings. The SMILES string of the molecule is Cc1cccc(S(=O)(=O)OCCN(C)S(=O)(=O)c2cccc(C)c2)c1. The van der Waals surface area contributed by atoms with Crippen molar-refractivity contribution in [1.29, 1.82) is 0 Å². The van der Waals surface area contributed by atoms with Gasteiger partial charge in [-0.1, -0.05) is 24.3 Å². The molecule has 8 heteroatoms. The minimum Gasteiger partial charge on any atom is -0.265 e. The Morgan fingerprint density at radius 2 is 1.40 bits per heavy atom. The molecule has 0 saturated carbocycles. The second-order valence-electron chi connectivity index (χ2n) is 5.74. The van der Waals surface area contributed by atoms with Gasteiger partial charge in [0.2, 0.25) is 10.0 Å². The van der Waals surface area contributed by atoms with Gasteiger partial charge in [0.25, 0.3) is 10.1 Å². The number of rotatable bonds is 7. The first-order valence-corrected chi connectivity index (χ1v) is 10.5. The van der Waals surface area contributed by atoms with Crippen LogP contribution in [0, 0.1) is 13.8 Å². The van der Waals surface area contributed by atoms with Crippen LogP contribution in [0.4, 0.5) is 0 Å². The molecule has 2 aromatic carbocycles. The van der Waals surface area contributed by atoms with Crippen LogP contribution in [0.1, 0.15) is 11.1 Å². The van der Waals surface area contributed by atoms with Gasteiger partial charge in [0.05, 0.1) is 16.4 Å². The third-order valence-corrected chi connectivity index (χ3v) is 6.78. The van der Waals surface area contributed by atoms with Crippen molar-refractivity contribution in [2.75, 3.05) is 20.2 Å². The Balaban J connectivity index is 2.03. The molecular weight excluding hydrogens is 362 g/mol. The number of nitrogens with zero attached hydrogens (tertiary/aromatic N) is 1. The number of likely N-dealkylation sites (N-methyl/N-ethyl adjacent to an activating group) is 1. The highest BCUT2D eigenvalue weighted by Crippen LogP contribution is 2.17. The zero-order valence-electron chi connectivity index (χ0n) is 14.3. The molecule has 25 heavy (non-hydrogen) atoms. The highest BCUT2D eigenvalue weighted by molar-refractivity contribution is 7.89. The number of sulfonamides is 1. The molecule has 0 saturated heterocycles. The maximum atomic E-state index is 12.5. The van der Waals surface area contributed by atoms with E-state index in [0.29, 0.717) is 0 Å². The van der Waals surface area contributed by atoms with Crippen LogP contribution in [-0.2, 0) is 24.3 Å². The Bertz CT molecular complexity index is 953. The highest BCUT2D eigenvalue weighted by Gasteiger charge is 2.22. The van der Waals surface area contributed by atoms with Crippen LogP contribution in [-0.4, -0.2) is 41.3 Å². The first-order chi connectivity index (χ1) is 11.6. The van der Waals surface area contributed by atoms with Crippen LogP contribution >= 0.6 is 0 Å². The summed E-state index contributed by atoms with van der Waals surface area (Å²) >= 11 is 0. The van der Waals surface area contributed by atoms with Crippen molar-refractivity contribution in [3.8, 4) is 0 Å². The predicted octanol–water partition coefficient (Wildman–Crippen LogP) is 2.33. The summed E-state index contributed by atoms with van der Waals surface area (Å²) in [6.45, 7) is 3.23. The predicted molar refractivity (Wildman–Crippen MR) is 95.3 cm³/mol. The third-order valence-electron chi connectivity index (χ3n) is 3.62. The quantitative estimate of drug-likeness (QED) is 0.686. The molecule has 2 aromatic rings. The second kappa shape index (κ2) is 7.65. The summed E-state index contributed by atoms with van der Waals surface area (Å²) in [5.74, 6) is 0. The molecule has 0 aliphatic heterocycles. The average molecular weight is 383 g/mol. The molecular formula is C17H21NO5S2. The zero-order chi connectivity index (χ0) is 18.7. The van der Waals surface area contributed by atoms with Crippen LogP contribution in [0.25, 0.3) is 0 Å². The van der Waals surface area contributed by atoms with Crippen molar-refractivity contribution < 1.29 is 21.0 Å². The lowest BCUT2D eigenvalue weighted by atomic mass is 10.2.